The number of carbonyl (C=O) groups excluding carboxylic acids is 1. The van der Waals surface area contributed by atoms with Gasteiger partial charge in [-0.1, -0.05) is 31.5 Å². The molecule has 0 saturated heterocycles. The zero-order chi connectivity index (χ0) is 20.7. The van der Waals surface area contributed by atoms with Gasteiger partial charge in [0.25, 0.3) is 0 Å². The zero-order valence-electron chi connectivity index (χ0n) is 16.0. The molecule has 2 N–H and O–H groups in total. The highest BCUT2D eigenvalue weighted by Gasteiger charge is 2.23. The van der Waals surface area contributed by atoms with E-state index in [-0.39, 0.29) is 23.0 Å². The van der Waals surface area contributed by atoms with Crippen LogP contribution in [0.3, 0.4) is 0 Å². The van der Waals surface area contributed by atoms with E-state index in [0.29, 0.717) is 29.5 Å². The molecule has 0 aliphatic carbocycles. The first kappa shape index (κ1) is 22.0. The molecule has 28 heavy (non-hydrogen) atoms. The lowest BCUT2D eigenvalue weighted by molar-refractivity contribution is -0.114. The Labute approximate surface area is 170 Å². The van der Waals surface area contributed by atoms with E-state index in [2.05, 4.69) is 10.6 Å². The van der Waals surface area contributed by atoms with E-state index in [9.17, 15) is 13.2 Å². The van der Waals surface area contributed by atoms with Crippen LogP contribution in [0.25, 0.3) is 0 Å². The van der Waals surface area contributed by atoms with Crippen molar-refractivity contribution in [2.75, 3.05) is 37.4 Å². The van der Waals surface area contributed by atoms with Crippen molar-refractivity contribution in [3.05, 3.63) is 47.5 Å². The molecule has 1 amide bonds. The average Bonchev–Trinajstić information content (AvgIpc) is 2.67. The summed E-state index contributed by atoms with van der Waals surface area (Å²) >= 11 is 5.92. The normalized spacial score (nSPS) is 11.3. The fraction of sp³-hybridized carbons (Fsp3) is 0.316. The van der Waals surface area contributed by atoms with Crippen LogP contribution in [-0.4, -0.2) is 45.4 Å². The van der Waals surface area contributed by atoms with E-state index in [4.69, 9.17) is 16.3 Å². The molecule has 0 fully saturated rings. The molecular weight excluding hydrogens is 402 g/mol. The largest absolute Gasteiger partial charge is 0.495 e. The number of ether oxygens (including phenoxy) is 1. The van der Waals surface area contributed by atoms with Gasteiger partial charge in [-0.25, -0.2) is 8.42 Å². The van der Waals surface area contributed by atoms with Crippen molar-refractivity contribution in [3.63, 3.8) is 0 Å². The third-order valence-electron chi connectivity index (χ3n) is 4.07. The zero-order valence-corrected chi connectivity index (χ0v) is 17.6. The lowest BCUT2D eigenvalue weighted by Crippen LogP contribution is -2.30. The number of nitrogens with one attached hydrogen (secondary N) is 2. The predicted octanol–water partition coefficient (Wildman–Crippen LogP) is 3.43. The average molecular weight is 426 g/mol. The van der Waals surface area contributed by atoms with Crippen LogP contribution in [-0.2, 0) is 14.8 Å². The first-order valence-corrected chi connectivity index (χ1v) is 10.6. The molecule has 152 valence electrons. The Morgan fingerprint density at radius 3 is 2.46 bits per heavy atom. The Morgan fingerprint density at radius 1 is 1.14 bits per heavy atom. The van der Waals surface area contributed by atoms with Crippen molar-refractivity contribution >= 4 is 38.9 Å². The smallest absolute Gasteiger partial charge is 0.243 e. The molecule has 0 radical (unpaired) electrons. The Balaban J connectivity index is 2.18. The number of hydrogen-bond donors (Lipinski definition) is 2. The van der Waals surface area contributed by atoms with Crippen molar-refractivity contribution in [3.8, 4) is 5.75 Å². The number of carbonyl (C=O) groups is 1. The van der Waals surface area contributed by atoms with Gasteiger partial charge in [-0.2, -0.15) is 4.31 Å². The number of benzene rings is 2. The van der Waals surface area contributed by atoms with Gasteiger partial charge in [0, 0.05) is 23.8 Å². The molecule has 0 bridgehead atoms. The third-order valence-corrected chi connectivity index (χ3v) is 6.35. The van der Waals surface area contributed by atoms with Crippen LogP contribution in [0.1, 0.15) is 13.8 Å². The summed E-state index contributed by atoms with van der Waals surface area (Å²) in [4.78, 5) is 12.4. The highest BCUT2D eigenvalue weighted by Crippen LogP contribution is 2.29. The molecule has 0 aliphatic rings. The summed E-state index contributed by atoms with van der Waals surface area (Å²) in [7, 11) is -2.20. The second kappa shape index (κ2) is 9.77. The van der Waals surface area contributed by atoms with E-state index in [1.54, 1.807) is 38.1 Å². The van der Waals surface area contributed by atoms with Gasteiger partial charge < -0.3 is 15.4 Å². The SMILES string of the molecule is CCN(CC)S(=O)(=O)c1ccc(OC)c(NC(=O)CNc2cccc(Cl)c2)c1. The number of hydrogen-bond acceptors (Lipinski definition) is 5. The molecular formula is C19H24ClN3O4S. The lowest BCUT2D eigenvalue weighted by atomic mass is 10.3. The van der Waals surface area contributed by atoms with Crippen LogP contribution >= 0.6 is 11.6 Å². The van der Waals surface area contributed by atoms with Gasteiger partial charge in [0.1, 0.15) is 5.75 Å². The van der Waals surface area contributed by atoms with Gasteiger partial charge in [-0.15, -0.1) is 0 Å². The van der Waals surface area contributed by atoms with E-state index < -0.39 is 10.0 Å². The van der Waals surface area contributed by atoms with E-state index in [1.165, 1.54) is 29.6 Å². The monoisotopic (exact) mass is 425 g/mol. The highest BCUT2D eigenvalue weighted by atomic mass is 35.5. The minimum Gasteiger partial charge on any atom is -0.495 e. The summed E-state index contributed by atoms with van der Waals surface area (Å²) in [6.45, 7) is 4.24. The molecule has 0 aliphatic heterocycles. The van der Waals surface area contributed by atoms with E-state index in [0.717, 1.165) is 0 Å². The standard InChI is InChI=1S/C19H24ClN3O4S/c1-4-23(5-2)28(25,26)16-9-10-18(27-3)17(12-16)22-19(24)13-21-15-8-6-7-14(20)11-15/h6-12,21H,4-5,13H2,1-3H3,(H,22,24). The summed E-state index contributed by atoms with van der Waals surface area (Å²) < 4.78 is 32.0. The summed E-state index contributed by atoms with van der Waals surface area (Å²) in [6.07, 6.45) is 0. The van der Waals surface area contributed by atoms with Crippen LogP contribution < -0.4 is 15.4 Å². The minimum atomic E-state index is -3.65. The maximum atomic E-state index is 12.7. The summed E-state index contributed by atoms with van der Waals surface area (Å²) in [6, 6.07) is 11.4. The Kier molecular flexibility index (Phi) is 7.68. The maximum Gasteiger partial charge on any atom is 0.243 e. The molecule has 0 heterocycles. The van der Waals surface area contributed by atoms with Crippen LogP contribution in [0.15, 0.2) is 47.4 Å². The molecule has 2 rings (SSSR count). The fourth-order valence-electron chi connectivity index (χ4n) is 2.63. The van der Waals surface area contributed by atoms with Crippen LogP contribution in [0.2, 0.25) is 5.02 Å². The third kappa shape index (κ3) is 5.37. The van der Waals surface area contributed by atoms with Gasteiger partial charge in [-0.3, -0.25) is 4.79 Å². The first-order valence-electron chi connectivity index (χ1n) is 8.79. The fourth-order valence-corrected chi connectivity index (χ4v) is 4.31. The number of nitrogens with zero attached hydrogens (tertiary/aromatic N) is 1. The molecule has 0 saturated carbocycles. The van der Waals surface area contributed by atoms with Crippen LogP contribution in [0.5, 0.6) is 5.75 Å². The van der Waals surface area contributed by atoms with Crippen LogP contribution in [0.4, 0.5) is 11.4 Å². The second-order valence-electron chi connectivity index (χ2n) is 5.86. The predicted molar refractivity (Wildman–Crippen MR) is 112 cm³/mol. The van der Waals surface area contributed by atoms with Crippen molar-refractivity contribution in [1.82, 2.24) is 4.31 Å². The number of methoxy groups -OCH3 is 1. The number of amides is 1. The Bertz CT molecular complexity index is 931. The Hall–Kier alpha value is -2.29. The van der Waals surface area contributed by atoms with Gasteiger partial charge in [0.2, 0.25) is 15.9 Å². The van der Waals surface area contributed by atoms with E-state index in [1.807, 2.05) is 0 Å². The number of halogens is 1. The molecule has 0 spiro atoms. The second-order valence-corrected chi connectivity index (χ2v) is 8.24. The molecule has 2 aromatic rings. The molecule has 7 nitrogen and oxygen atoms in total. The minimum absolute atomic E-state index is 0.0173. The number of rotatable bonds is 9. The first-order chi connectivity index (χ1) is 13.3. The van der Waals surface area contributed by atoms with Gasteiger partial charge >= 0.3 is 0 Å². The topological polar surface area (TPSA) is 87.7 Å². The van der Waals surface area contributed by atoms with Gasteiger partial charge in [0.15, 0.2) is 0 Å². The summed E-state index contributed by atoms with van der Waals surface area (Å²) in [5, 5.41) is 6.21. The number of anilines is 2. The quantitative estimate of drug-likeness (QED) is 0.642. The van der Waals surface area contributed by atoms with Crippen molar-refractivity contribution in [2.24, 2.45) is 0 Å². The number of sulfonamides is 1. The molecule has 0 atom stereocenters. The van der Waals surface area contributed by atoms with Crippen molar-refractivity contribution < 1.29 is 17.9 Å². The van der Waals surface area contributed by atoms with Crippen molar-refractivity contribution in [2.45, 2.75) is 18.7 Å². The molecule has 2 aromatic carbocycles. The summed E-state index contributed by atoms with van der Waals surface area (Å²) in [5.74, 6) is 0.0188. The Morgan fingerprint density at radius 2 is 1.86 bits per heavy atom. The maximum absolute atomic E-state index is 12.7. The summed E-state index contributed by atoms with van der Waals surface area (Å²) in [5.41, 5.74) is 0.987. The highest BCUT2D eigenvalue weighted by molar-refractivity contribution is 7.89. The molecule has 9 heteroatoms. The van der Waals surface area contributed by atoms with Crippen molar-refractivity contribution in [1.29, 1.82) is 0 Å². The van der Waals surface area contributed by atoms with Crippen LogP contribution in [0, 0.1) is 0 Å². The lowest BCUT2D eigenvalue weighted by Gasteiger charge is -2.19. The molecule has 0 unspecified atom stereocenters. The van der Waals surface area contributed by atoms with Gasteiger partial charge in [0.05, 0.1) is 24.2 Å². The van der Waals surface area contributed by atoms with E-state index >= 15 is 0 Å². The molecule has 0 aromatic heterocycles. The van der Waals surface area contributed by atoms with Gasteiger partial charge in [-0.05, 0) is 36.4 Å².